The van der Waals surface area contributed by atoms with Gasteiger partial charge in [-0.2, -0.15) is 0 Å². The van der Waals surface area contributed by atoms with E-state index in [1.807, 2.05) is 33.8 Å². The summed E-state index contributed by atoms with van der Waals surface area (Å²) >= 11 is 0. The van der Waals surface area contributed by atoms with Crippen LogP contribution in [-0.4, -0.2) is 112 Å². The molecular formula is C28H50N2O10. The maximum Gasteiger partial charge on any atom is 0.228 e. The van der Waals surface area contributed by atoms with Gasteiger partial charge in [-0.05, 0) is 25.2 Å². The maximum absolute atomic E-state index is 13.3. The molecule has 1 amide bonds. The van der Waals surface area contributed by atoms with Gasteiger partial charge in [0.1, 0.15) is 6.10 Å². The van der Waals surface area contributed by atoms with Crippen molar-refractivity contribution in [3.8, 4) is 0 Å². The molecule has 3 fully saturated rings. The highest BCUT2D eigenvalue weighted by Crippen LogP contribution is 2.38. The van der Waals surface area contributed by atoms with E-state index in [9.17, 15) is 30.3 Å². The average molecular weight is 575 g/mol. The zero-order chi connectivity index (χ0) is 29.8. The number of ether oxygens (including phenoxy) is 4. The normalized spacial score (nSPS) is 40.3. The van der Waals surface area contributed by atoms with Gasteiger partial charge in [-0.3, -0.25) is 4.79 Å². The molecule has 0 aromatic heterocycles. The van der Waals surface area contributed by atoms with Gasteiger partial charge in [0.05, 0.1) is 54.7 Å². The summed E-state index contributed by atoms with van der Waals surface area (Å²) in [6, 6.07) is -0.994. The fourth-order valence-corrected chi connectivity index (χ4v) is 5.22. The topological polar surface area (TPSA) is 193 Å². The predicted octanol–water partition coefficient (Wildman–Crippen LogP) is -0.465. The first-order valence-corrected chi connectivity index (χ1v) is 14.5. The van der Waals surface area contributed by atoms with E-state index in [0.717, 1.165) is 6.42 Å². The highest BCUT2D eigenvalue weighted by atomic mass is 16.7. The highest BCUT2D eigenvalue weighted by molar-refractivity contribution is 5.80. The lowest BCUT2D eigenvalue weighted by molar-refractivity contribution is -0.307. The van der Waals surface area contributed by atoms with E-state index in [-0.39, 0.29) is 37.2 Å². The minimum absolute atomic E-state index is 0.0110. The number of hydrogen-bond acceptors (Lipinski definition) is 11. The van der Waals surface area contributed by atoms with E-state index >= 15 is 0 Å². The van der Waals surface area contributed by atoms with Crippen molar-refractivity contribution in [1.82, 2.24) is 5.32 Å². The molecule has 3 heterocycles. The van der Waals surface area contributed by atoms with Crippen LogP contribution >= 0.6 is 0 Å². The van der Waals surface area contributed by atoms with Gasteiger partial charge in [0.15, 0.2) is 12.1 Å². The summed E-state index contributed by atoms with van der Waals surface area (Å²) in [6.45, 7) is 10.1. The summed E-state index contributed by atoms with van der Waals surface area (Å²) in [5.41, 5.74) is 5.99. The van der Waals surface area contributed by atoms with Crippen LogP contribution in [0.3, 0.4) is 0 Å². The largest absolute Gasteiger partial charge is 0.393 e. The maximum atomic E-state index is 13.3. The Hall–Kier alpha value is -1.19. The van der Waals surface area contributed by atoms with Gasteiger partial charge in [0.25, 0.3) is 0 Å². The second-order valence-corrected chi connectivity index (χ2v) is 12.2. The van der Waals surface area contributed by atoms with Crippen LogP contribution in [0.5, 0.6) is 0 Å². The monoisotopic (exact) mass is 574 g/mol. The molecule has 0 aliphatic carbocycles. The summed E-state index contributed by atoms with van der Waals surface area (Å²) in [6.07, 6.45) is -4.23. The molecule has 0 radical (unpaired) electrons. The second-order valence-electron chi connectivity index (χ2n) is 12.2. The Morgan fingerprint density at radius 3 is 2.42 bits per heavy atom. The lowest BCUT2D eigenvalue weighted by atomic mass is 9.81. The van der Waals surface area contributed by atoms with Crippen molar-refractivity contribution >= 4 is 5.91 Å². The fraction of sp³-hybridized carbons (Fsp3) is 0.893. The fourth-order valence-electron chi connectivity index (χ4n) is 5.22. The van der Waals surface area contributed by atoms with Crippen molar-refractivity contribution in [2.75, 3.05) is 13.2 Å². The molecule has 0 bridgehead atoms. The van der Waals surface area contributed by atoms with Gasteiger partial charge in [-0.1, -0.05) is 39.8 Å². The molecule has 12 atom stereocenters. The van der Waals surface area contributed by atoms with Crippen LogP contribution in [0.25, 0.3) is 0 Å². The SMILES string of the molecule is CC(C)/C=C/[C@@H](C[C@@H]1O[C@](O)(C[C@@H](O)C(C)C)C[C@H](O)[C@H]1C(=O)NC[C@@H]1CCO1)OC1OC(C)C(O)C(N)C1O. The third-order valence-electron chi connectivity index (χ3n) is 7.99. The molecule has 8 N–H and O–H groups in total. The molecule has 232 valence electrons. The number of hydrogen-bond donors (Lipinski definition) is 7. The molecule has 12 nitrogen and oxygen atoms in total. The van der Waals surface area contributed by atoms with Gasteiger partial charge in [0, 0.05) is 32.4 Å². The predicted molar refractivity (Wildman–Crippen MR) is 145 cm³/mol. The van der Waals surface area contributed by atoms with Crippen molar-refractivity contribution in [3.63, 3.8) is 0 Å². The lowest BCUT2D eigenvalue weighted by Crippen LogP contribution is -2.62. The Morgan fingerprint density at radius 1 is 1.18 bits per heavy atom. The van der Waals surface area contributed by atoms with Gasteiger partial charge >= 0.3 is 0 Å². The Kier molecular flexibility index (Phi) is 11.9. The van der Waals surface area contributed by atoms with Crippen LogP contribution in [0.15, 0.2) is 12.2 Å². The van der Waals surface area contributed by atoms with E-state index in [2.05, 4.69) is 5.32 Å². The van der Waals surface area contributed by atoms with Crippen molar-refractivity contribution in [2.45, 2.75) is 127 Å². The Labute approximate surface area is 236 Å². The third-order valence-corrected chi connectivity index (χ3v) is 7.99. The average Bonchev–Trinajstić information content (AvgIpc) is 2.82. The minimum atomic E-state index is -1.88. The van der Waals surface area contributed by atoms with E-state index in [4.69, 9.17) is 24.7 Å². The Bertz CT molecular complexity index is 840. The number of amides is 1. The van der Waals surface area contributed by atoms with Crippen molar-refractivity contribution in [3.05, 3.63) is 12.2 Å². The summed E-state index contributed by atoms with van der Waals surface area (Å²) in [7, 11) is 0. The van der Waals surface area contributed by atoms with Crippen molar-refractivity contribution < 1.29 is 49.3 Å². The van der Waals surface area contributed by atoms with Gasteiger partial charge < -0.3 is 55.5 Å². The molecule has 0 saturated carbocycles. The number of aliphatic hydroxyl groups excluding tert-OH is 4. The van der Waals surface area contributed by atoms with Crippen LogP contribution in [0.2, 0.25) is 0 Å². The summed E-state index contributed by atoms with van der Waals surface area (Å²) < 4.78 is 23.3. The first-order chi connectivity index (χ1) is 18.7. The molecule has 12 heteroatoms. The van der Waals surface area contributed by atoms with Gasteiger partial charge in [0.2, 0.25) is 5.91 Å². The summed E-state index contributed by atoms with van der Waals surface area (Å²) in [5, 5.41) is 56.6. The van der Waals surface area contributed by atoms with Crippen LogP contribution in [0.1, 0.15) is 60.3 Å². The zero-order valence-corrected chi connectivity index (χ0v) is 24.3. The molecule has 0 aromatic carbocycles. The molecule has 3 rings (SSSR count). The molecule has 5 unspecified atom stereocenters. The van der Waals surface area contributed by atoms with E-state index in [0.29, 0.717) is 13.2 Å². The molecule has 3 saturated heterocycles. The third kappa shape index (κ3) is 8.66. The smallest absolute Gasteiger partial charge is 0.228 e. The molecule has 40 heavy (non-hydrogen) atoms. The Balaban J connectivity index is 1.84. The molecular weight excluding hydrogens is 524 g/mol. The number of nitrogens with two attached hydrogens (primary N) is 1. The van der Waals surface area contributed by atoms with E-state index in [1.54, 1.807) is 13.0 Å². The summed E-state index contributed by atoms with van der Waals surface area (Å²) in [4.78, 5) is 13.3. The number of carbonyl (C=O) groups excluding carboxylic acids is 1. The van der Waals surface area contributed by atoms with Crippen LogP contribution in [0, 0.1) is 17.8 Å². The van der Waals surface area contributed by atoms with Crippen LogP contribution < -0.4 is 11.1 Å². The highest BCUT2D eigenvalue weighted by Gasteiger charge is 2.50. The van der Waals surface area contributed by atoms with Crippen LogP contribution in [0.4, 0.5) is 0 Å². The Morgan fingerprint density at radius 2 is 1.85 bits per heavy atom. The van der Waals surface area contributed by atoms with Crippen molar-refractivity contribution in [1.29, 1.82) is 0 Å². The molecule has 3 aliphatic heterocycles. The van der Waals surface area contributed by atoms with E-state index < -0.39 is 72.7 Å². The molecule has 0 aromatic rings. The zero-order valence-electron chi connectivity index (χ0n) is 24.3. The molecule has 3 aliphatic rings. The summed E-state index contributed by atoms with van der Waals surface area (Å²) in [5.74, 6) is -3.39. The van der Waals surface area contributed by atoms with Gasteiger partial charge in [-0.15, -0.1) is 0 Å². The lowest BCUT2D eigenvalue weighted by Gasteiger charge is -2.46. The first kappa shape index (κ1) is 33.3. The van der Waals surface area contributed by atoms with Crippen LogP contribution in [-0.2, 0) is 23.7 Å². The van der Waals surface area contributed by atoms with Gasteiger partial charge in [-0.25, -0.2) is 0 Å². The number of rotatable bonds is 12. The second kappa shape index (κ2) is 14.3. The van der Waals surface area contributed by atoms with Crippen molar-refractivity contribution in [2.24, 2.45) is 23.5 Å². The van der Waals surface area contributed by atoms with E-state index in [1.165, 1.54) is 0 Å². The number of aliphatic hydroxyl groups is 5. The number of allylic oxidation sites excluding steroid dienone is 1. The molecule has 0 spiro atoms. The number of nitrogens with one attached hydrogen (secondary N) is 1. The first-order valence-electron chi connectivity index (χ1n) is 14.5. The quantitative estimate of drug-likeness (QED) is 0.149. The number of carbonyl (C=O) groups is 1. The standard InChI is InChI=1S/C28H50N2O10/c1-14(2)6-7-17(39-27-25(34)23(29)24(33)16(5)38-27)10-21-22(26(35)30-13-18-8-9-37-18)20(32)12-28(36,40-21)11-19(31)15(3)4/h6-7,14-25,27,31-34,36H,8-13,29H2,1-5H3,(H,30,35)/b7-6+/t16?,17-,18-,19+,20-,21-,22+,23?,24?,25?,27?,28+/m0/s1. The minimum Gasteiger partial charge on any atom is -0.393 e.